The Kier molecular flexibility index (Phi) is 3.05. The summed E-state index contributed by atoms with van der Waals surface area (Å²) in [5.41, 5.74) is 0. The van der Waals surface area contributed by atoms with Gasteiger partial charge in [0.05, 0.1) is 23.0 Å². The molecule has 18 heavy (non-hydrogen) atoms. The molecular formula is C12H14Cl4O2. The first kappa shape index (κ1) is 12.8. The zero-order valence-electron chi connectivity index (χ0n) is 9.52. The Bertz CT molecular complexity index is 334. The van der Waals surface area contributed by atoms with E-state index in [4.69, 9.17) is 55.9 Å². The molecule has 2 heterocycles. The lowest BCUT2D eigenvalue weighted by atomic mass is 9.72. The molecule has 0 N–H and O–H groups in total. The summed E-state index contributed by atoms with van der Waals surface area (Å²) in [6, 6.07) is 0. The number of halogens is 4. The molecule has 0 bridgehead atoms. The third-order valence-corrected chi connectivity index (χ3v) is 6.82. The van der Waals surface area contributed by atoms with Gasteiger partial charge in [0.1, 0.15) is 12.2 Å². The van der Waals surface area contributed by atoms with Crippen molar-refractivity contribution >= 4 is 46.4 Å². The minimum atomic E-state index is -0.0750. The van der Waals surface area contributed by atoms with Crippen LogP contribution in [0.3, 0.4) is 0 Å². The Morgan fingerprint density at radius 3 is 1.44 bits per heavy atom. The summed E-state index contributed by atoms with van der Waals surface area (Å²) in [6.45, 7) is 0. The molecule has 2 nitrogen and oxygen atoms in total. The largest absolute Gasteiger partial charge is 0.368 e. The fourth-order valence-corrected chi connectivity index (χ4v) is 6.03. The lowest BCUT2D eigenvalue weighted by Gasteiger charge is -2.41. The van der Waals surface area contributed by atoms with E-state index in [0.29, 0.717) is 0 Å². The zero-order valence-corrected chi connectivity index (χ0v) is 12.5. The molecule has 6 heteroatoms. The number of hydrogen-bond acceptors (Lipinski definition) is 2. The van der Waals surface area contributed by atoms with Crippen LogP contribution in [-0.2, 0) is 9.47 Å². The minimum Gasteiger partial charge on any atom is -0.368 e. The van der Waals surface area contributed by atoms with Gasteiger partial charge in [0.15, 0.2) is 0 Å². The second kappa shape index (κ2) is 4.29. The zero-order chi connectivity index (χ0) is 12.6. The van der Waals surface area contributed by atoms with Crippen molar-refractivity contribution in [2.24, 2.45) is 11.8 Å². The van der Waals surface area contributed by atoms with Crippen molar-refractivity contribution in [2.45, 2.75) is 58.8 Å². The maximum Gasteiger partial charge on any atom is 0.101 e. The molecule has 4 aliphatic rings. The lowest BCUT2D eigenvalue weighted by Crippen LogP contribution is -2.49. The van der Waals surface area contributed by atoms with Crippen LogP contribution in [0.15, 0.2) is 0 Å². The Balaban J connectivity index is 1.59. The third kappa shape index (κ3) is 1.83. The molecule has 4 rings (SSSR count). The average molecular weight is 332 g/mol. The van der Waals surface area contributed by atoms with Gasteiger partial charge in [-0.15, -0.1) is 46.4 Å². The highest BCUT2D eigenvalue weighted by atomic mass is 35.5. The van der Waals surface area contributed by atoms with E-state index in [-0.39, 0.29) is 57.8 Å². The average Bonchev–Trinajstić information content (AvgIpc) is 3.16. The smallest absolute Gasteiger partial charge is 0.101 e. The molecule has 2 aliphatic heterocycles. The van der Waals surface area contributed by atoms with Gasteiger partial charge in [-0.2, -0.15) is 0 Å². The number of hydrogen-bond donors (Lipinski definition) is 0. The first-order valence-electron chi connectivity index (χ1n) is 6.45. The van der Waals surface area contributed by atoms with Crippen molar-refractivity contribution in [3.63, 3.8) is 0 Å². The highest BCUT2D eigenvalue weighted by Crippen LogP contribution is 2.54. The molecule has 10 unspecified atom stereocenters. The Morgan fingerprint density at radius 2 is 1.06 bits per heavy atom. The lowest BCUT2D eigenvalue weighted by molar-refractivity contribution is 0.234. The first-order chi connectivity index (χ1) is 8.58. The van der Waals surface area contributed by atoms with Gasteiger partial charge in [-0.1, -0.05) is 0 Å². The van der Waals surface area contributed by atoms with E-state index in [1.165, 1.54) is 0 Å². The second-order valence-electron chi connectivity index (χ2n) is 5.83. The van der Waals surface area contributed by atoms with Crippen LogP contribution >= 0.6 is 46.4 Å². The van der Waals surface area contributed by atoms with E-state index >= 15 is 0 Å². The summed E-state index contributed by atoms with van der Waals surface area (Å²) < 4.78 is 11.1. The molecule has 0 aromatic rings. The highest BCUT2D eigenvalue weighted by molar-refractivity contribution is 6.27. The molecule has 0 radical (unpaired) electrons. The number of fused-ring (bicyclic) bond motifs is 2. The molecule has 2 saturated carbocycles. The van der Waals surface area contributed by atoms with Crippen molar-refractivity contribution in [3.05, 3.63) is 0 Å². The van der Waals surface area contributed by atoms with E-state index < -0.39 is 0 Å². The van der Waals surface area contributed by atoms with Crippen molar-refractivity contribution in [1.29, 1.82) is 0 Å². The summed E-state index contributed by atoms with van der Waals surface area (Å²) in [6.07, 6.45) is 2.52. The summed E-state index contributed by atoms with van der Waals surface area (Å²) >= 11 is 26.1. The van der Waals surface area contributed by atoms with Gasteiger partial charge in [0.2, 0.25) is 0 Å². The van der Waals surface area contributed by atoms with Crippen LogP contribution in [0.4, 0.5) is 0 Å². The quantitative estimate of drug-likeness (QED) is 0.545. The standard InChI is InChI=1S/C12H14Cl4O2/c13-3-1-5-11(17-5)9(15)7(3)8-4(14)2-6-12(18-6)10(8)16/h3-12H,1-2H2. The molecule has 0 aromatic carbocycles. The molecule has 2 aliphatic carbocycles. The van der Waals surface area contributed by atoms with Crippen LogP contribution in [-0.4, -0.2) is 45.9 Å². The Labute approximate surface area is 126 Å². The Hall–Kier alpha value is 1.08. The maximum absolute atomic E-state index is 6.53. The van der Waals surface area contributed by atoms with E-state index in [1.54, 1.807) is 0 Å². The van der Waals surface area contributed by atoms with E-state index in [1.807, 2.05) is 0 Å². The highest BCUT2D eigenvalue weighted by Gasteiger charge is 2.62. The summed E-state index contributed by atoms with van der Waals surface area (Å²) in [5, 5.41) is -0.152. The predicted molar refractivity (Wildman–Crippen MR) is 72.1 cm³/mol. The van der Waals surface area contributed by atoms with Crippen LogP contribution in [0, 0.1) is 11.8 Å². The van der Waals surface area contributed by atoms with E-state index in [9.17, 15) is 0 Å². The molecule has 102 valence electrons. The van der Waals surface area contributed by atoms with Gasteiger partial charge in [-0.25, -0.2) is 0 Å². The molecule has 0 amide bonds. The van der Waals surface area contributed by atoms with Crippen molar-refractivity contribution < 1.29 is 9.47 Å². The number of epoxide rings is 2. The maximum atomic E-state index is 6.53. The van der Waals surface area contributed by atoms with Gasteiger partial charge in [0.25, 0.3) is 0 Å². The van der Waals surface area contributed by atoms with Crippen molar-refractivity contribution in [2.75, 3.05) is 0 Å². The summed E-state index contributed by atoms with van der Waals surface area (Å²) in [5.74, 6) is 0.236. The molecule has 4 fully saturated rings. The summed E-state index contributed by atoms with van der Waals surface area (Å²) in [7, 11) is 0. The third-order valence-electron chi connectivity index (χ3n) is 4.80. The Morgan fingerprint density at radius 1 is 0.667 bits per heavy atom. The van der Waals surface area contributed by atoms with Crippen molar-refractivity contribution in [1.82, 2.24) is 0 Å². The van der Waals surface area contributed by atoms with Crippen LogP contribution in [0.1, 0.15) is 12.8 Å². The van der Waals surface area contributed by atoms with Gasteiger partial charge < -0.3 is 9.47 Å². The number of alkyl halides is 4. The fourth-order valence-electron chi connectivity index (χ4n) is 3.75. The number of ether oxygens (including phenoxy) is 2. The minimum absolute atomic E-state index is 0.000880. The fraction of sp³-hybridized carbons (Fsp3) is 1.00. The molecule has 2 saturated heterocycles. The first-order valence-corrected chi connectivity index (χ1v) is 8.19. The van der Waals surface area contributed by atoms with Crippen molar-refractivity contribution in [3.8, 4) is 0 Å². The predicted octanol–water partition coefficient (Wildman–Crippen LogP) is 2.99. The van der Waals surface area contributed by atoms with Crippen LogP contribution in [0.25, 0.3) is 0 Å². The normalized spacial score (nSPS) is 66.0. The van der Waals surface area contributed by atoms with Crippen LogP contribution in [0.2, 0.25) is 0 Å². The van der Waals surface area contributed by atoms with Gasteiger partial charge in [-0.3, -0.25) is 0 Å². The monoisotopic (exact) mass is 330 g/mol. The van der Waals surface area contributed by atoms with Gasteiger partial charge in [-0.05, 0) is 12.8 Å². The molecule has 0 spiro atoms. The molecule has 10 atom stereocenters. The number of rotatable bonds is 1. The second-order valence-corrected chi connectivity index (χ2v) is 7.95. The topological polar surface area (TPSA) is 25.1 Å². The van der Waals surface area contributed by atoms with Crippen LogP contribution < -0.4 is 0 Å². The van der Waals surface area contributed by atoms with Crippen LogP contribution in [0.5, 0.6) is 0 Å². The molecular weight excluding hydrogens is 318 g/mol. The molecule has 0 aromatic heterocycles. The van der Waals surface area contributed by atoms with E-state index in [0.717, 1.165) is 12.8 Å². The summed E-state index contributed by atoms with van der Waals surface area (Å²) in [4.78, 5) is 0. The SMILES string of the molecule is ClC1CC2OC2C(Cl)C1C1C(Cl)CC2OC2C1Cl. The van der Waals surface area contributed by atoms with E-state index in [2.05, 4.69) is 0 Å². The van der Waals surface area contributed by atoms with Gasteiger partial charge in [0, 0.05) is 22.6 Å². The van der Waals surface area contributed by atoms with Gasteiger partial charge >= 0.3 is 0 Å².